The molecule has 5 nitrogen and oxygen atoms in total. The quantitative estimate of drug-likeness (QED) is 0.718. The molecule has 0 aliphatic rings. The van der Waals surface area contributed by atoms with Crippen molar-refractivity contribution in [3.63, 3.8) is 0 Å². The lowest BCUT2D eigenvalue weighted by Gasteiger charge is -2.10. The summed E-state index contributed by atoms with van der Waals surface area (Å²) >= 11 is 7.80. The van der Waals surface area contributed by atoms with Crippen LogP contribution in [-0.4, -0.2) is 19.5 Å². The molecule has 0 fully saturated rings. The Morgan fingerprint density at radius 1 is 1.19 bits per heavy atom. The predicted molar refractivity (Wildman–Crippen MR) is 88.4 cm³/mol. The molecule has 21 heavy (non-hydrogen) atoms. The van der Waals surface area contributed by atoms with E-state index in [1.54, 1.807) is 24.3 Å². The maximum atomic E-state index is 12.3. The lowest BCUT2D eigenvalue weighted by molar-refractivity contribution is 0.0697. The molecule has 8 heteroatoms. The van der Waals surface area contributed by atoms with E-state index in [-0.39, 0.29) is 15.5 Å². The number of carboxylic acid groups (broad SMARTS) is 1. The van der Waals surface area contributed by atoms with Gasteiger partial charge in [0, 0.05) is 3.57 Å². The first-order valence-corrected chi connectivity index (χ1v) is 8.55. The highest BCUT2D eigenvalue weighted by Gasteiger charge is 2.18. The fraction of sp³-hybridized carbons (Fsp3) is 0. The average molecular weight is 438 g/mol. The van der Waals surface area contributed by atoms with Crippen LogP contribution in [0, 0.1) is 3.57 Å². The SMILES string of the molecule is O=C(O)c1ccc(S(=O)(=O)Nc2ccccc2I)cc1Cl. The van der Waals surface area contributed by atoms with Gasteiger partial charge in [0.25, 0.3) is 10.0 Å². The van der Waals surface area contributed by atoms with Crippen LogP contribution in [0.15, 0.2) is 47.4 Å². The minimum absolute atomic E-state index is 0.0999. The zero-order valence-electron chi connectivity index (χ0n) is 10.4. The van der Waals surface area contributed by atoms with E-state index in [2.05, 4.69) is 4.72 Å². The Kier molecular flexibility index (Phi) is 4.74. The van der Waals surface area contributed by atoms with Crippen molar-refractivity contribution in [1.29, 1.82) is 0 Å². The number of benzene rings is 2. The lowest BCUT2D eigenvalue weighted by Crippen LogP contribution is -2.14. The van der Waals surface area contributed by atoms with Gasteiger partial charge in [-0.15, -0.1) is 0 Å². The van der Waals surface area contributed by atoms with Crippen LogP contribution >= 0.6 is 34.2 Å². The fourth-order valence-electron chi connectivity index (χ4n) is 1.58. The molecular weight excluding hydrogens is 429 g/mol. The predicted octanol–water partition coefficient (Wildman–Crippen LogP) is 3.44. The summed E-state index contributed by atoms with van der Waals surface area (Å²) in [6.07, 6.45) is 0. The second kappa shape index (κ2) is 6.20. The number of para-hydroxylation sites is 1. The van der Waals surface area contributed by atoms with Crippen molar-refractivity contribution >= 4 is 55.9 Å². The number of aromatic carboxylic acids is 1. The highest BCUT2D eigenvalue weighted by atomic mass is 127. The van der Waals surface area contributed by atoms with Crippen molar-refractivity contribution in [2.24, 2.45) is 0 Å². The third-order valence-corrected chi connectivity index (χ3v) is 5.22. The van der Waals surface area contributed by atoms with Gasteiger partial charge in [0.15, 0.2) is 0 Å². The van der Waals surface area contributed by atoms with Gasteiger partial charge in [0.05, 0.1) is 21.2 Å². The van der Waals surface area contributed by atoms with E-state index in [1.807, 2.05) is 22.6 Å². The molecule has 2 rings (SSSR count). The largest absolute Gasteiger partial charge is 0.478 e. The van der Waals surface area contributed by atoms with Crippen LogP contribution in [0.2, 0.25) is 5.02 Å². The molecular formula is C13H9ClINO4S. The molecule has 2 aromatic carbocycles. The first-order chi connectivity index (χ1) is 9.81. The number of nitrogens with one attached hydrogen (secondary N) is 1. The van der Waals surface area contributed by atoms with Gasteiger partial charge >= 0.3 is 5.97 Å². The molecule has 0 aliphatic carbocycles. The van der Waals surface area contributed by atoms with Crippen LogP contribution in [0.5, 0.6) is 0 Å². The van der Waals surface area contributed by atoms with Crippen molar-refractivity contribution in [1.82, 2.24) is 0 Å². The third kappa shape index (κ3) is 3.66. The average Bonchev–Trinajstić information content (AvgIpc) is 2.40. The summed E-state index contributed by atoms with van der Waals surface area (Å²) in [7, 11) is -3.83. The van der Waals surface area contributed by atoms with Gasteiger partial charge in [-0.1, -0.05) is 23.7 Å². The van der Waals surface area contributed by atoms with Gasteiger partial charge in [-0.2, -0.15) is 0 Å². The molecule has 0 aromatic heterocycles. The van der Waals surface area contributed by atoms with Gasteiger partial charge in [0.1, 0.15) is 0 Å². The molecule has 0 saturated carbocycles. The van der Waals surface area contributed by atoms with E-state index in [0.717, 1.165) is 15.7 Å². The molecule has 0 unspecified atom stereocenters. The lowest BCUT2D eigenvalue weighted by atomic mass is 10.2. The van der Waals surface area contributed by atoms with Crippen LogP contribution in [0.25, 0.3) is 0 Å². The van der Waals surface area contributed by atoms with Crippen molar-refractivity contribution in [2.45, 2.75) is 4.90 Å². The van der Waals surface area contributed by atoms with Gasteiger partial charge in [0.2, 0.25) is 0 Å². The number of anilines is 1. The topological polar surface area (TPSA) is 83.5 Å². The molecule has 0 bridgehead atoms. The normalized spacial score (nSPS) is 11.1. The van der Waals surface area contributed by atoms with Crippen LogP contribution in [0.4, 0.5) is 5.69 Å². The van der Waals surface area contributed by atoms with Crippen LogP contribution in [0.3, 0.4) is 0 Å². The summed E-state index contributed by atoms with van der Waals surface area (Å²) < 4.78 is 27.7. The number of carboxylic acids is 1. The van der Waals surface area contributed by atoms with E-state index in [0.29, 0.717) is 5.69 Å². The van der Waals surface area contributed by atoms with E-state index in [9.17, 15) is 13.2 Å². The Hall–Kier alpha value is -1.32. The third-order valence-electron chi connectivity index (χ3n) is 2.60. The second-order valence-corrected chi connectivity index (χ2v) is 7.28. The molecule has 0 amide bonds. The van der Waals surface area contributed by atoms with Crippen LogP contribution in [0.1, 0.15) is 10.4 Å². The first-order valence-electron chi connectivity index (χ1n) is 5.61. The molecule has 0 radical (unpaired) electrons. The number of hydrogen-bond acceptors (Lipinski definition) is 3. The van der Waals surface area contributed by atoms with Crippen LogP contribution < -0.4 is 4.72 Å². The summed E-state index contributed by atoms with van der Waals surface area (Å²) in [4.78, 5) is 10.8. The van der Waals surface area contributed by atoms with Crippen LogP contribution in [-0.2, 0) is 10.0 Å². The minimum atomic E-state index is -3.83. The van der Waals surface area contributed by atoms with Crippen molar-refractivity contribution in [3.8, 4) is 0 Å². The number of sulfonamides is 1. The first kappa shape index (κ1) is 16.1. The van der Waals surface area contributed by atoms with Gasteiger partial charge in [-0.25, -0.2) is 13.2 Å². The Morgan fingerprint density at radius 2 is 1.86 bits per heavy atom. The number of carbonyl (C=O) groups is 1. The molecule has 2 aromatic rings. The maximum absolute atomic E-state index is 12.3. The summed E-state index contributed by atoms with van der Waals surface area (Å²) in [5, 5.41) is 8.75. The van der Waals surface area contributed by atoms with Crippen molar-refractivity contribution in [2.75, 3.05) is 4.72 Å². The monoisotopic (exact) mass is 437 g/mol. The zero-order valence-corrected chi connectivity index (χ0v) is 14.1. The minimum Gasteiger partial charge on any atom is -0.478 e. The van der Waals surface area contributed by atoms with Gasteiger partial charge in [-0.3, -0.25) is 4.72 Å². The number of halogens is 2. The summed E-state index contributed by atoms with van der Waals surface area (Å²) in [6, 6.07) is 10.4. The summed E-state index contributed by atoms with van der Waals surface area (Å²) in [6.45, 7) is 0. The van der Waals surface area contributed by atoms with E-state index < -0.39 is 16.0 Å². The fourth-order valence-corrected chi connectivity index (χ4v) is 3.72. The Bertz CT molecular complexity index is 808. The molecule has 2 N–H and O–H groups in total. The summed E-state index contributed by atoms with van der Waals surface area (Å²) in [5.41, 5.74) is 0.293. The molecule has 0 atom stereocenters. The Morgan fingerprint density at radius 3 is 2.43 bits per heavy atom. The van der Waals surface area contributed by atoms with Crippen molar-refractivity contribution < 1.29 is 18.3 Å². The standard InChI is InChI=1S/C13H9ClINO4S/c14-10-7-8(5-6-9(10)13(17)18)21(19,20)16-12-4-2-1-3-11(12)15/h1-7,16H,(H,17,18). The molecule has 0 spiro atoms. The molecule has 110 valence electrons. The summed E-state index contributed by atoms with van der Waals surface area (Å²) in [5.74, 6) is -1.21. The highest BCUT2D eigenvalue weighted by Crippen LogP contribution is 2.24. The zero-order chi connectivity index (χ0) is 15.6. The Labute approximate surface area is 140 Å². The number of hydrogen-bond donors (Lipinski definition) is 2. The van der Waals surface area contributed by atoms with E-state index in [4.69, 9.17) is 16.7 Å². The number of rotatable bonds is 4. The molecule has 0 saturated heterocycles. The smallest absolute Gasteiger partial charge is 0.337 e. The highest BCUT2D eigenvalue weighted by molar-refractivity contribution is 14.1. The van der Waals surface area contributed by atoms with E-state index in [1.165, 1.54) is 6.07 Å². The van der Waals surface area contributed by atoms with Gasteiger partial charge in [-0.05, 0) is 52.9 Å². The Balaban J connectivity index is 2.39. The molecule has 0 aliphatic heterocycles. The van der Waals surface area contributed by atoms with E-state index >= 15 is 0 Å². The van der Waals surface area contributed by atoms with Gasteiger partial charge < -0.3 is 5.11 Å². The molecule has 0 heterocycles. The second-order valence-electron chi connectivity index (χ2n) is 4.03. The van der Waals surface area contributed by atoms with Crippen molar-refractivity contribution in [3.05, 3.63) is 56.6 Å². The maximum Gasteiger partial charge on any atom is 0.337 e.